The first-order valence-corrected chi connectivity index (χ1v) is 4.83. The van der Waals surface area contributed by atoms with Crippen LogP contribution >= 0.6 is 0 Å². The van der Waals surface area contributed by atoms with Gasteiger partial charge in [0.15, 0.2) is 0 Å². The lowest BCUT2D eigenvalue weighted by Crippen LogP contribution is -2.37. The Labute approximate surface area is 74.1 Å². The van der Waals surface area contributed by atoms with Gasteiger partial charge in [-0.25, -0.2) is 0 Å². The maximum atomic E-state index is 9.59. The second-order valence-corrected chi connectivity index (χ2v) is 3.35. The number of ether oxygens (including phenoxy) is 1. The Morgan fingerprint density at radius 1 is 1.67 bits per heavy atom. The molecular weight excluding hydrogens is 154 g/mol. The number of nitrogens with one attached hydrogen (secondary N) is 1. The molecule has 0 aromatic carbocycles. The predicted octanol–water partition coefficient (Wildman–Crippen LogP) is 0.526. The van der Waals surface area contributed by atoms with Crippen LogP contribution in [0, 0.1) is 0 Å². The van der Waals surface area contributed by atoms with Crippen molar-refractivity contribution in [2.45, 2.75) is 38.3 Å². The normalized spacial score (nSPS) is 26.0. The SMILES string of the molecule is CCCOCC(O)C1CCCN1. The first kappa shape index (κ1) is 9.96. The maximum absolute atomic E-state index is 9.59. The zero-order valence-electron chi connectivity index (χ0n) is 7.75. The molecule has 1 heterocycles. The lowest BCUT2D eigenvalue weighted by molar-refractivity contribution is 0.0202. The summed E-state index contributed by atoms with van der Waals surface area (Å²) in [5.74, 6) is 0. The van der Waals surface area contributed by atoms with E-state index in [4.69, 9.17) is 4.74 Å². The van der Waals surface area contributed by atoms with Crippen molar-refractivity contribution in [2.75, 3.05) is 19.8 Å². The topological polar surface area (TPSA) is 41.5 Å². The minimum atomic E-state index is -0.320. The minimum Gasteiger partial charge on any atom is -0.389 e. The third-order valence-corrected chi connectivity index (χ3v) is 2.20. The predicted molar refractivity (Wildman–Crippen MR) is 48.1 cm³/mol. The molecule has 1 fully saturated rings. The molecule has 0 spiro atoms. The van der Waals surface area contributed by atoms with Crippen LogP contribution in [0.15, 0.2) is 0 Å². The van der Waals surface area contributed by atoms with Gasteiger partial charge in [0.05, 0.1) is 12.7 Å². The lowest BCUT2D eigenvalue weighted by atomic mass is 10.1. The summed E-state index contributed by atoms with van der Waals surface area (Å²) < 4.78 is 5.27. The van der Waals surface area contributed by atoms with E-state index in [9.17, 15) is 5.11 Å². The standard InChI is InChI=1S/C9H19NO2/c1-2-6-12-7-9(11)8-4-3-5-10-8/h8-11H,2-7H2,1H3. The summed E-state index contributed by atoms with van der Waals surface area (Å²) >= 11 is 0. The molecule has 1 rings (SSSR count). The summed E-state index contributed by atoms with van der Waals surface area (Å²) in [6, 6.07) is 0.266. The van der Waals surface area contributed by atoms with Crippen LogP contribution in [-0.4, -0.2) is 37.0 Å². The summed E-state index contributed by atoms with van der Waals surface area (Å²) in [5, 5.41) is 12.8. The Balaban J connectivity index is 2.05. The molecule has 0 saturated carbocycles. The van der Waals surface area contributed by atoms with E-state index in [-0.39, 0.29) is 12.1 Å². The highest BCUT2D eigenvalue weighted by Gasteiger charge is 2.22. The molecule has 0 amide bonds. The van der Waals surface area contributed by atoms with Gasteiger partial charge in [-0.1, -0.05) is 6.92 Å². The Morgan fingerprint density at radius 3 is 3.08 bits per heavy atom. The molecule has 3 nitrogen and oxygen atoms in total. The second-order valence-electron chi connectivity index (χ2n) is 3.35. The summed E-state index contributed by atoms with van der Waals surface area (Å²) in [6.07, 6.45) is 2.95. The summed E-state index contributed by atoms with van der Waals surface area (Å²) in [4.78, 5) is 0. The van der Waals surface area contributed by atoms with Crippen LogP contribution in [-0.2, 0) is 4.74 Å². The first-order chi connectivity index (χ1) is 5.84. The van der Waals surface area contributed by atoms with Crippen molar-refractivity contribution in [2.24, 2.45) is 0 Å². The third-order valence-electron chi connectivity index (χ3n) is 2.20. The van der Waals surface area contributed by atoms with Crippen molar-refractivity contribution in [3.8, 4) is 0 Å². The zero-order valence-corrected chi connectivity index (χ0v) is 7.75. The van der Waals surface area contributed by atoms with Crippen molar-refractivity contribution in [1.29, 1.82) is 0 Å². The minimum absolute atomic E-state index is 0.266. The van der Waals surface area contributed by atoms with Gasteiger partial charge in [0.25, 0.3) is 0 Å². The van der Waals surface area contributed by atoms with Crippen LogP contribution in [0.2, 0.25) is 0 Å². The van der Waals surface area contributed by atoms with E-state index in [1.165, 1.54) is 6.42 Å². The largest absolute Gasteiger partial charge is 0.389 e. The molecule has 72 valence electrons. The molecule has 2 unspecified atom stereocenters. The van der Waals surface area contributed by atoms with Crippen LogP contribution in [0.25, 0.3) is 0 Å². The Hall–Kier alpha value is -0.120. The van der Waals surface area contributed by atoms with Crippen molar-refractivity contribution < 1.29 is 9.84 Å². The van der Waals surface area contributed by atoms with Crippen LogP contribution in [0.4, 0.5) is 0 Å². The molecule has 2 atom stereocenters. The molecule has 2 N–H and O–H groups in total. The van der Waals surface area contributed by atoms with Gasteiger partial charge in [0, 0.05) is 12.6 Å². The number of rotatable bonds is 5. The third kappa shape index (κ3) is 3.09. The summed E-state index contributed by atoms with van der Waals surface area (Å²) in [7, 11) is 0. The average Bonchev–Trinajstić information content (AvgIpc) is 2.56. The molecule has 0 aliphatic carbocycles. The van der Waals surface area contributed by atoms with Gasteiger partial charge in [-0.3, -0.25) is 0 Å². The number of aliphatic hydroxyl groups excluding tert-OH is 1. The zero-order chi connectivity index (χ0) is 8.81. The molecule has 1 aliphatic heterocycles. The smallest absolute Gasteiger partial charge is 0.0926 e. The van der Waals surface area contributed by atoms with Gasteiger partial charge < -0.3 is 15.2 Å². The van der Waals surface area contributed by atoms with Crippen molar-refractivity contribution >= 4 is 0 Å². The van der Waals surface area contributed by atoms with Gasteiger partial charge >= 0.3 is 0 Å². The monoisotopic (exact) mass is 173 g/mol. The van der Waals surface area contributed by atoms with Gasteiger partial charge in [-0.2, -0.15) is 0 Å². The molecule has 0 bridgehead atoms. The van der Waals surface area contributed by atoms with E-state index < -0.39 is 0 Å². The van der Waals surface area contributed by atoms with Gasteiger partial charge in [0.1, 0.15) is 0 Å². The fraction of sp³-hybridized carbons (Fsp3) is 1.00. The lowest BCUT2D eigenvalue weighted by Gasteiger charge is -2.17. The quantitative estimate of drug-likeness (QED) is 0.596. The highest BCUT2D eigenvalue weighted by molar-refractivity contribution is 4.80. The van der Waals surface area contributed by atoms with Crippen LogP contribution in [0.1, 0.15) is 26.2 Å². The van der Waals surface area contributed by atoms with Crippen LogP contribution in [0.5, 0.6) is 0 Å². The number of aliphatic hydroxyl groups is 1. The van der Waals surface area contributed by atoms with E-state index in [1.807, 2.05) is 0 Å². The molecule has 0 aromatic rings. The molecule has 0 aromatic heterocycles. The number of hydrogen-bond donors (Lipinski definition) is 2. The van der Waals surface area contributed by atoms with Gasteiger partial charge in [-0.15, -0.1) is 0 Å². The van der Waals surface area contributed by atoms with E-state index in [0.29, 0.717) is 6.61 Å². The summed E-state index contributed by atoms with van der Waals surface area (Å²) in [5.41, 5.74) is 0. The molecule has 1 aliphatic rings. The summed E-state index contributed by atoms with van der Waals surface area (Å²) in [6.45, 7) is 4.34. The van der Waals surface area contributed by atoms with Crippen molar-refractivity contribution in [3.63, 3.8) is 0 Å². The molecular formula is C9H19NO2. The van der Waals surface area contributed by atoms with Gasteiger partial charge in [-0.05, 0) is 25.8 Å². The fourth-order valence-corrected chi connectivity index (χ4v) is 1.50. The molecule has 12 heavy (non-hydrogen) atoms. The van der Waals surface area contributed by atoms with E-state index >= 15 is 0 Å². The van der Waals surface area contributed by atoms with Gasteiger partial charge in [0.2, 0.25) is 0 Å². The van der Waals surface area contributed by atoms with Crippen molar-refractivity contribution in [3.05, 3.63) is 0 Å². The van der Waals surface area contributed by atoms with E-state index in [1.54, 1.807) is 0 Å². The molecule has 3 heteroatoms. The maximum Gasteiger partial charge on any atom is 0.0926 e. The number of hydrogen-bond acceptors (Lipinski definition) is 3. The van der Waals surface area contributed by atoms with Crippen LogP contribution < -0.4 is 5.32 Å². The van der Waals surface area contributed by atoms with E-state index in [2.05, 4.69) is 12.2 Å². The molecule has 0 radical (unpaired) electrons. The molecule has 1 saturated heterocycles. The highest BCUT2D eigenvalue weighted by atomic mass is 16.5. The van der Waals surface area contributed by atoms with E-state index in [0.717, 1.165) is 26.0 Å². The second kappa shape index (κ2) is 5.51. The average molecular weight is 173 g/mol. The fourth-order valence-electron chi connectivity index (χ4n) is 1.50. The van der Waals surface area contributed by atoms with Crippen LogP contribution in [0.3, 0.4) is 0 Å². The first-order valence-electron chi connectivity index (χ1n) is 4.83. The Kier molecular flexibility index (Phi) is 4.58. The van der Waals surface area contributed by atoms with Crippen molar-refractivity contribution in [1.82, 2.24) is 5.32 Å². The highest BCUT2D eigenvalue weighted by Crippen LogP contribution is 2.09. The Bertz CT molecular complexity index is 113. The Morgan fingerprint density at radius 2 is 2.50 bits per heavy atom.